The van der Waals surface area contributed by atoms with Gasteiger partial charge in [0.1, 0.15) is 21.4 Å². The number of sulfonamides is 1. The number of hydrogen-bond donors (Lipinski definition) is 2. The summed E-state index contributed by atoms with van der Waals surface area (Å²) in [6.45, 7) is 5.05. The molecule has 3 N–H and O–H groups in total. The molecule has 0 bridgehead atoms. The second-order valence-corrected chi connectivity index (χ2v) is 12.9. The van der Waals surface area contributed by atoms with E-state index in [1.54, 1.807) is 45.0 Å². The number of nitrogen functional groups attached to an aromatic ring is 1. The lowest BCUT2D eigenvalue weighted by Gasteiger charge is -2.26. The molecule has 2 aromatic rings. The average molecular weight is 532 g/mol. The van der Waals surface area contributed by atoms with E-state index in [2.05, 4.69) is 14.4 Å². The molecule has 2 aliphatic rings. The first kappa shape index (κ1) is 25.6. The third-order valence-corrected chi connectivity index (χ3v) is 9.17. The summed E-state index contributed by atoms with van der Waals surface area (Å²) >= 11 is 0.836. The van der Waals surface area contributed by atoms with Crippen molar-refractivity contribution in [1.82, 2.24) is 9.88 Å². The summed E-state index contributed by atoms with van der Waals surface area (Å²) in [7, 11) is -4.12. The summed E-state index contributed by atoms with van der Waals surface area (Å²) in [5.74, 6) is -2.46. The number of nitrogens with two attached hydrogens (primary N) is 1. The lowest BCUT2D eigenvalue weighted by atomic mass is 10.1. The van der Waals surface area contributed by atoms with Gasteiger partial charge in [0.2, 0.25) is 15.8 Å². The van der Waals surface area contributed by atoms with Gasteiger partial charge >= 0.3 is 12.1 Å². The Morgan fingerprint density at radius 1 is 1.29 bits per heavy atom. The van der Waals surface area contributed by atoms with Gasteiger partial charge in [0.25, 0.3) is 0 Å². The Bertz CT molecular complexity index is 1280. The van der Waals surface area contributed by atoms with Gasteiger partial charge in [-0.3, -0.25) is 0 Å². The topological polar surface area (TPSA) is 125 Å². The van der Waals surface area contributed by atoms with Crippen molar-refractivity contribution in [2.45, 2.75) is 61.4 Å². The normalized spacial score (nSPS) is 24.8. The number of aromatic nitrogens is 1. The molecule has 190 valence electrons. The number of allylic oxidation sites excluding steroid dienone is 1. The summed E-state index contributed by atoms with van der Waals surface area (Å²) in [4.78, 5) is 13.4. The summed E-state index contributed by atoms with van der Waals surface area (Å²) in [6.07, 6.45) is -3.03. The van der Waals surface area contributed by atoms with Crippen LogP contribution in [0.25, 0.3) is 4.91 Å². The van der Waals surface area contributed by atoms with Crippen LogP contribution in [0.15, 0.2) is 40.9 Å². The minimum atomic E-state index is -4.70. The van der Waals surface area contributed by atoms with Crippen molar-refractivity contribution in [3.05, 3.63) is 53.4 Å². The smallest absolute Gasteiger partial charge is 0.452 e. The molecule has 1 saturated carbocycles. The standard InChI is InChI=1S/C22H24F3N3O5S2/c1-20(2,3)32-19(29)21(11-14(21)12-5-4-6-13(26)9-12)28-35(30,31)18-8-7-16(34-18)15-10-17(33-27-15)22(23,24)25/h4-7,9-10,14,18,28H,8,11,26H2,1-3H3. The fourth-order valence-corrected chi connectivity index (χ4v) is 6.98. The summed E-state index contributed by atoms with van der Waals surface area (Å²) < 4.78 is 76.5. The number of hydrogen-bond acceptors (Lipinski definition) is 8. The van der Waals surface area contributed by atoms with Crippen LogP contribution in [0.5, 0.6) is 0 Å². The zero-order chi connectivity index (χ0) is 25.8. The molecule has 13 heteroatoms. The quantitative estimate of drug-likeness (QED) is 0.418. The summed E-state index contributed by atoms with van der Waals surface area (Å²) in [6, 6.07) is 7.56. The molecule has 3 unspecified atom stereocenters. The largest absolute Gasteiger partial charge is 0.459 e. The molecule has 0 amide bonds. The molecular formula is C22H24F3N3O5S2. The number of anilines is 1. The molecule has 0 saturated heterocycles. The maximum absolute atomic E-state index is 13.3. The molecule has 1 aromatic carbocycles. The minimum Gasteiger partial charge on any atom is -0.459 e. The van der Waals surface area contributed by atoms with Gasteiger partial charge in [0.15, 0.2) is 0 Å². The third kappa shape index (κ3) is 5.36. The second kappa shape index (κ2) is 8.56. The Labute approximate surface area is 204 Å². The summed E-state index contributed by atoms with van der Waals surface area (Å²) in [5.41, 5.74) is 4.57. The van der Waals surface area contributed by atoms with Crippen LogP contribution in [0.3, 0.4) is 0 Å². The minimum absolute atomic E-state index is 0.0108. The van der Waals surface area contributed by atoms with Gasteiger partial charge in [-0.2, -0.15) is 17.9 Å². The number of nitrogens with one attached hydrogen (secondary N) is 1. The van der Waals surface area contributed by atoms with E-state index in [1.807, 2.05) is 0 Å². The Morgan fingerprint density at radius 2 is 2.00 bits per heavy atom. The molecule has 0 radical (unpaired) electrons. The van der Waals surface area contributed by atoms with Crippen LogP contribution < -0.4 is 10.5 Å². The van der Waals surface area contributed by atoms with E-state index in [0.717, 1.165) is 17.8 Å². The Balaban J connectivity index is 1.55. The molecular weight excluding hydrogens is 507 g/mol. The monoisotopic (exact) mass is 531 g/mol. The Morgan fingerprint density at radius 3 is 2.60 bits per heavy atom. The van der Waals surface area contributed by atoms with E-state index in [9.17, 15) is 26.4 Å². The lowest BCUT2D eigenvalue weighted by molar-refractivity contribution is -0.158. The predicted molar refractivity (Wildman–Crippen MR) is 124 cm³/mol. The first-order valence-electron chi connectivity index (χ1n) is 10.6. The predicted octanol–water partition coefficient (Wildman–Crippen LogP) is 4.27. The fraction of sp³-hybridized carbons (Fsp3) is 0.455. The Kier molecular flexibility index (Phi) is 6.25. The van der Waals surface area contributed by atoms with E-state index in [0.29, 0.717) is 11.3 Å². The molecule has 35 heavy (non-hydrogen) atoms. The number of esters is 1. The highest BCUT2D eigenvalue weighted by Crippen LogP contribution is 2.54. The number of benzene rings is 1. The first-order chi connectivity index (χ1) is 16.1. The summed E-state index contributed by atoms with van der Waals surface area (Å²) in [5, 5.41) is 3.41. The number of thioether (sulfide) groups is 1. The van der Waals surface area contributed by atoms with E-state index in [1.165, 1.54) is 6.08 Å². The SMILES string of the molecule is CC(C)(C)OC(=O)C1(NS(=O)(=O)C2CC=C(c3cc(C(F)(F)F)on3)S2)CC1c1cccc(N)c1. The average Bonchev–Trinajstić information content (AvgIpc) is 3.09. The molecule has 3 atom stereocenters. The molecule has 8 nitrogen and oxygen atoms in total. The Hall–Kier alpha value is -2.51. The highest BCUT2D eigenvalue weighted by molar-refractivity contribution is 8.18. The molecule has 1 fully saturated rings. The van der Waals surface area contributed by atoms with Crippen molar-refractivity contribution in [1.29, 1.82) is 0 Å². The van der Waals surface area contributed by atoms with Gasteiger partial charge < -0.3 is 15.0 Å². The molecule has 0 spiro atoms. The van der Waals surface area contributed by atoms with E-state index in [4.69, 9.17) is 10.5 Å². The maximum Gasteiger partial charge on any atom is 0.452 e. The third-order valence-electron chi connectivity index (χ3n) is 5.50. The van der Waals surface area contributed by atoms with E-state index >= 15 is 0 Å². The number of nitrogens with zero attached hydrogens (tertiary/aromatic N) is 1. The van der Waals surface area contributed by atoms with Crippen LogP contribution in [-0.2, 0) is 25.7 Å². The van der Waals surface area contributed by atoms with Crippen LogP contribution >= 0.6 is 11.8 Å². The number of carbonyl (C=O) groups excluding carboxylic acids is 1. The molecule has 1 aliphatic carbocycles. The van der Waals surface area contributed by atoms with Gasteiger partial charge in [-0.15, -0.1) is 11.8 Å². The molecule has 1 aliphatic heterocycles. The van der Waals surface area contributed by atoms with Gasteiger partial charge in [0.05, 0.1) is 0 Å². The highest BCUT2D eigenvalue weighted by atomic mass is 32.3. The van der Waals surface area contributed by atoms with Crippen molar-refractivity contribution in [3.63, 3.8) is 0 Å². The molecule has 4 rings (SSSR count). The van der Waals surface area contributed by atoms with Crippen molar-refractivity contribution in [2.75, 3.05) is 5.73 Å². The van der Waals surface area contributed by atoms with Crippen molar-refractivity contribution in [2.24, 2.45) is 0 Å². The van der Waals surface area contributed by atoms with Gasteiger partial charge in [-0.1, -0.05) is 23.4 Å². The lowest BCUT2D eigenvalue weighted by Crippen LogP contribution is -2.49. The van der Waals surface area contributed by atoms with Gasteiger partial charge in [-0.05, 0) is 51.3 Å². The first-order valence-corrected chi connectivity index (χ1v) is 13.1. The van der Waals surface area contributed by atoms with Crippen molar-refractivity contribution < 1.29 is 35.6 Å². The number of rotatable bonds is 6. The second-order valence-electron chi connectivity index (χ2n) is 9.47. The maximum atomic E-state index is 13.3. The van der Waals surface area contributed by atoms with Crippen LogP contribution in [0.4, 0.5) is 18.9 Å². The van der Waals surface area contributed by atoms with Crippen LogP contribution in [0.2, 0.25) is 0 Å². The zero-order valence-corrected chi connectivity index (χ0v) is 20.7. The van der Waals surface area contributed by atoms with E-state index < -0.39 is 49.6 Å². The number of carbonyl (C=O) groups is 1. The van der Waals surface area contributed by atoms with Gasteiger partial charge in [0, 0.05) is 22.6 Å². The molecule has 1 aromatic heterocycles. The zero-order valence-electron chi connectivity index (χ0n) is 19.0. The fourth-order valence-electron chi connectivity index (χ4n) is 3.83. The van der Waals surface area contributed by atoms with E-state index in [-0.39, 0.29) is 23.4 Å². The van der Waals surface area contributed by atoms with Crippen LogP contribution in [0, 0.1) is 0 Å². The van der Waals surface area contributed by atoms with Crippen molar-refractivity contribution >= 4 is 38.3 Å². The van der Waals surface area contributed by atoms with Crippen LogP contribution in [0.1, 0.15) is 56.5 Å². The highest BCUT2D eigenvalue weighted by Gasteiger charge is 2.65. The van der Waals surface area contributed by atoms with Gasteiger partial charge in [-0.25, -0.2) is 13.2 Å². The number of halogens is 3. The molecule has 2 heterocycles. The van der Waals surface area contributed by atoms with Crippen LogP contribution in [-0.4, -0.2) is 35.3 Å². The number of ether oxygens (including phenoxy) is 1. The van der Waals surface area contributed by atoms with Crippen molar-refractivity contribution in [3.8, 4) is 0 Å². The number of alkyl halides is 3.